The van der Waals surface area contributed by atoms with E-state index in [9.17, 15) is 4.79 Å². The van der Waals surface area contributed by atoms with Crippen molar-refractivity contribution in [3.8, 4) is 11.5 Å². The first-order valence-electron chi connectivity index (χ1n) is 10.7. The molecule has 0 unspecified atom stereocenters. The molecule has 0 heterocycles. The molecule has 7 nitrogen and oxygen atoms in total. The predicted molar refractivity (Wildman–Crippen MR) is 142 cm³/mol. The largest absolute Gasteiger partial charge is 0.490 e. The maximum Gasteiger partial charge on any atom is 0.437 e. The van der Waals surface area contributed by atoms with Crippen molar-refractivity contribution in [1.82, 2.24) is 0 Å². The number of ether oxygens (including phenoxy) is 3. The number of hydrogen-bond donors (Lipinski definition) is 1. The highest BCUT2D eigenvalue weighted by atomic mass is 35.5. The number of nitrogens with one attached hydrogen (secondary N) is 1. The molecule has 11 heteroatoms. The highest BCUT2D eigenvalue weighted by Crippen LogP contribution is 2.37. The van der Waals surface area contributed by atoms with Gasteiger partial charge in [0.25, 0.3) is 0 Å². The summed E-state index contributed by atoms with van der Waals surface area (Å²) in [5.41, 5.74) is 1.18. The van der Waals surface area contributed by atoms with Crippen molar-refractivity contribution >= 4 is 63.9 Å². The Morgan fingerprint density at radius 1 is 1.00 bits per heavy atom. The zero-order valence-corrected chi connectivity index (χ0v) is 22.1. The minimum absolute atomic E-state index is 0.119. The van der Waals surface area contributed by atoms with E-state index in [1.807, 2.05) is 18.2 Å². The fourth-order valence-electron chi connectivity index (χ4n) is 2.64. The van der Waals surface area contributed by atoms with Crippen LogP contribution < -0.4 is 14.8 Å². The van der Waals surface area contributed by atoms with Crippen molar-refractivity contribution in [2.45, 2.75) is 26.2 Å². The molecule has 2 rings (SSSR count). The quantitative estimate of drug-likeness (QED) is 0.109. The summed E-state index contributed by atoms with van der Waals surface area (Å²) >= 11 is 23.6. The average molecular weight is 564 g/mol. The van der Waals surface area contributed by atoms with Crippen LogP contribution in [-0.4, -0.2) is 38.2 Å². The van der Waals surface area contributed by atoms with Crippen LogP contribution in [0.1, 0.15) is 26.2 Å². The molecule has 0 aliphatic rings. The zero-order valence-electron chi connectivity index (χ0n) is 19.1. The van der Waals surface area contributed by atoms with Crippen LogP contribution in [0.5, 0.6) is 11.5 Å². The third kappa shape index (κ3) is 12.4. The molecule has 0 saturated heterocycles. The smallest absolute Gasteiger partial charge is 0.437 e. The minimum Gasteiger partial charge on any atom is -0.490 e. The third-order valence-corrected chi connectivity index (χ3v) is 5.12. The predicted octanol–water partition coefficient (Wildman–Crippen LogP) is 7.88. The van der Waals surface area contributed by atoms with Crippen LogP contribution in [-0.2, 0) is 9.57 Å². The van der Waals surface area contributed by atoms with Gasteiger partial charge >= 0.3 is 6.09 Å². The Balaban J connectivity index is 1.57. The average Bonchev–Trinajstić information content (AvgIpc) is 2.81. The van der Waals surface area contributed by atoms with Crippen molar-refractivity contribution in [3.63, 3.8) is 0 Å². The van der Waals surface area contributed by atoms with Gasteiger partial charge in [0.05, 0.1) is 29.0 Å². The summed E-state index contributed by atoms with van der Waals surface area (Å²) < 4.78 is 16.8. The van der Waals surface area contributed by atoms with Crippen LogP contribution in [0.25, 0.3) is 0 Å². The lowest BCUT2D eigenvalue weighted by Gasteiger charge is -2.12. The number of benzene rings is 2. The number of carbonyl (C=O) groups excluding carboxylic acids is 1. The first kappa shape index (κ1) is 29.1. The van der Waals surface area contributed by atoms with Gasteiger partial charge in [-0.15, -0.1) is 0 Å². The van der Waals surface area contributed by atoms with Gasteiger partial charge in [0.15, 0.2) is 5.75 Å². The highest BCUT2D eigenvalue weighted by molar-refractivity contribution is 6.55. The van der Waals surface area contributed by atoms with Gasteiger partial charge in [-0.3, -0.25) is 10.2 Å². The number of rotatable bonds is 14. The second-order valence-electron chi connectivity index (χ2n) is 7.18. The fourth-order valence-corrected chi connectivity index (χ4v) is 3.35. The Kier molecular flexibility index (Phi) is 13.7. The molecule has 2 aromatic rings. The number of hydrogen-bond acceptors (Lipinski definition) is 6. The number of amides is 1. The van der Waals surface area contributed by atoms with Crippen LogP contribution in [0.3, 0.4) is 0 Å². The summed E-state index contributed by atoms with van der Waals surface area (Å²) in [7, 11) is 0. The Morgan fingerprint density at radius 2 is 1.69 bits per heavy atom. The Hall–Kier alpha value is -2.16. The number of unbranched alkanes of at least 4 members (excludes halogenated alkanes) is 2. The second kappa shape index (κ2) is 16.5. The molecule has 0 atom stereocenters. The molecule has 0 aliphatic heterocycles. The molecule has 190 valence electrons. The summed E-state index contributed by atoms with van der Waals surface area (Å²) in [6.07, 6.45) is 3.35. The molecule has 0 fully saturated rings. The summed E-state index contributed by atoms with van der Waals surface area (Å²) in [6, 6.07) is 12.2. The number of halogens is 4. The normalized spacial score (nSPS) is 11.1. The van der Waals surface area contributed by atoms with Gasteiger partial charge < -0.3 is 14.2 Å². The topological polar surface area (TPSA) is 78.4 Å². The number of carbonyl (C=O) groups is 1. The standard InChI is InChI=1S/C24H26Cl4N2O5/c1-17(30-35-24(31)29-18-8-4-2-5-9-18)16-32-11-6-3-7-12-34-23-20(25)14-19(15-21(23)26)33-13-10-22(27)28/h2,4-5,8-10,14-15H,3,6-7,11-13,16H2,1H3,(H,29,31). The van der Waals surface area contributed by atoms with E-state index in [0.29, 0.717) is 46.2 Å². The van der Waals surface area contributed by atoms with E-state index >= 15 is 0 Å². The number of para-hydroxylation sites is 1. The number of oxime groups is 1. The van der Waals surface area contributed by atoms with E-state index in [2.05, 4.69) is 10.5 Å². The van der Waals surface area contributed by atoms with Crippen molar-refractivity contribution in [2.24, 2.45) is 5.16 Å². The van der Waals surface area contributed by atoms with Gasteiger partial charge in [-0.05, 0) is 44.4 Å². The van der Waals surface area contributed by atoms with E-state index < -0.39 is 6.09 Å². The monoisotopic (exact) mass is 562 g/mol. The van der Waals surface area contributed by atoms with Crippen LogP contribution in [0.4, 0.5) is 10.5 Å². The summed E-state index contributed by atoms with van der Waals surface area (Å²) in [5.74, 6) is 0.891. The first-order valence-corrected chi connectivity index (χ1v) is 12.3. The molecule has 0 radical (unpaired) electrons. The summed E-state index contributed by atoms with van der Waals surface area (Å²) in [4.78, 5) is 16.5. The Bertz CT molecular complexity index is 976. The maximum atomic E-state index is 11.7. The lowest BCUT2D eigenvalue weighted by atomic mass is 10.2. The van der Waals surface area contributed by atoms with Gasteiger partial charge in [0.2, 0.25) is 0 Å². The molecule has 0 spiro atoms. The molecule has 0 saturated carbocycles. The van der Waals surface area contributed by atoms with Crippen molar-refractivity contribution in [1.29, 1.82) is 0 Å². The van der Waals surface area contributed by atoms with Gasteiger partial charge in [0, 0.05) is 24.4 Å². The van der Waals surface area contributed by atoms with Crippen molar-refractivity contribution in [3.05, 3.63) is 63.1 Å². The molecule has 0 bridgehead atoms. The van der Waals surface area contributed by atoms with Gasteiger partial charge in [-0.2, -0.15) is 0 Å². The minimum atomic E-state index is -0.661. The highest BCUT2D eigenvalue weighted by Gasteiger charge is 2.10. The molecular formula is C24H26Cl4N2O5. The Morgan fingerprint density at radius 3 is 2.37 bits per heavy atom. The molecule has 2 aromatic carbocycles. The SMILES string of the molecule is CC(COCCCCCOc1c(Cl)cc(OCC=C(Cl)Cl)cc1Cl)=NOC(=O)Nc1ccccc1. The second-order valence-corrected chi connectivity index (χ2v) is 9.00. The zero-order chi connectivity index (χ0) is 25.5. The number of nitrogens with zero attached hydrogens (tertiary/aromatic N) is 1. The van der Waals surface area contributed by atoms with Crippen LogP contribution in [0.2, 0.25) is 10.0 Å². The molecular weight excluding hydrogens is 538 g/mol. The summed E-state index contributed by atoms with van der Waals surface area (Å²) in [6.45, 7) is 3.17. The van der Waals surface area contributed by atoms with Crippen LogP contribution >= 0.6 is 46.4 Å². The lowest BCUT2D eigenvalue weighted by Crippen LogP contribution is -2.13. The molecule has 0 aliphatic carbocycles. The Labute approximate surface area is 224 Å². The van der Waals surface area contributed by atoms with E-state index in [1.165, 1.54) is 6.08 Å². The fraction of sp³-hybridized carbons (Fsp3) is 0.333. The lowest BCUT2D eigenvalue weighted by molar-refractivity contribution is 0.152. The van der Waals surface area contributed by atoms with Crippen LogP contribution in [0, 0.1) is 0 Å². The van der Waals surface area contributed by atoms with E-state index in [-0.39, 0.29) is 17.7 Å². The van der Waals surface area contributed by atoms with E-state index in [1.54, 1.807) is 31.2 Å². The first-order chi connectivity index (χ1) is 16.8. The molecule has 35 heavy (non-hydrogen) atoms. The van der Waals surface area contributed by atoms with Gasteiger partial charge in [-0.25, -0.2) is 4.79 Å². The van der Waals surface area contributed by atoms with Gasteiger partial charge in [-0.1, -0.05) is 69.8 Å². The maximum absolute atomic E-state index is 11.7. The number of anilines is 1. The molecule has 1 amide bonds. The third-order valence-electron chi connectivity index (χ3n) is 4.25. The van der Waals surface area contributed by atoms with Crippen molar-refractivity contribution in [2.75, 3.05) is 31.7 Å². The molecule has 0 aromatic heterocycles. The molecule has 1 N–H and O–H groups in total. The summed E-state index contributed by atoms with van der Waals surface area (Å²) in [5, 5.41) is 7.04. The van der Waals surface area contributed by atoms with Crippen molar-refractivity contribution < 1.29 is 23.8 Å². The van der Waals surface area contributed by atoms with Crippen LogP contribution in [0.15, 0.2) is 58.2 Å². The van der Waals surface area contributed by atoms with E-state index in [0.717, 1.165) is 19.3 Å². The van der Waals surface area contributed by atoms with E-state index in [4.69, 9.17) is 65.5 Å². The van der Waals surface area contributed by atoms with Gasteiger partial charge in [0.1, 0.15) is 16.8 Å².